The molecule has 0 aliphatic carbocycles. The molecule has 1 aliphatic rings. The van der Waals surface area contributed by atoms with Gasteiger partial charge in [0.1, 0.15) is 0 Å². The van der Waals surface area contributed by atoms with Gasteiger partial charge in [0.05, 0.1) is 0 Å². The fraction of sp³-hybridized carbons (Fsp3) is 0.933. The van der Waals surface area contributed by atoms with Gasteiger partial charge in [0.2, 0.25) is 5.91 Å². The van der Waals surface area contributed by atoms with Gasteiger partial charge in [-0.2, -0.15) is 0 Å². The Bertz CT molecular complexity index is 257. The summed E-state index contributed by atoms with van der Waals surface area (Å²) in [5.74, 6) is 0.356. The molecular formula is C15H31ClN2O. The summed E-state index contributed by atoms with van der Waals surface area (Å²) < 4.78 is 0. The van der Waals surface area contributed by atoms with Crippen LogP contribution in [0.15, 0.2) is 0 Å². The van der Waals surface area contributed by atoms with Crippen molar-refractivity contribution in [1.29, 1.82) is 0 Å². The van der Waals surface area contributed by atoms with Crippen LogP contribution in [-0.4, -0.2) is 36.5 Å². The smallest absolute Gasteiger partial charge is 0.222 e. The first-order valence-electron chi connectivity index (χ1n) is 7.44. The minimum absolute atomic E-state index is 0. The third-order valence-electron chi connectivity index (χ3n) is 3.58. The zero-order chi connectivity index (χ0) is 13.6. The topological polar surface area (TPSA) is 32.3 Å². The van der Waals surface area contributed by atoms with Crippen molar-refractivity contribution in [3.05, 3.63) is 0 Å². The average molecular weight is 291 g/mol. The van der Waals surface area contributed by atoms with E-state index in [0.717, 1.165) is 45.3 Å². The minimum atomic E-state index is 0. The predicted octanol–water partition coefficient (Wildman–Crippen LogP) is 3.23. The predicted molar refractivity (Wildman–Crippen MR) is 83.8 cm³/mol. The molecule has 1 atom stereocenters. The number of hydrogen-bond acceptors (Lipinski definition) is 2. The molecule has 0 radical (unpaired) electrons. The van der Waals surface area contributed by atoms with Gasteiger partial charge >= 0.3 is 0 Å². The van der Waals surface area contributed by atoms with Gasteiger partial charge in [0, 0.05) is 25.6 Å². The molecule has 19 heavy (non-hydrogen) atoms. The Balaban J connectivity index is 0.00000324. The first kappa shape index (κ1) is 18.7. The molecule has 1 N–H and O–H groups in total. The Kier molecular flexibility index (Phi) is 8.67. The average Bonchev–Trinajstić information content (AvgIpc) is 2.77. The fourth-order valence-corrected chi connectivity index (χ4v) is 2.57. The molecule has 114 valence electrons. The number of amides is 1. The van der Waals surface area contributed by atoms with E-state index >= 15 is 0 Å². The molecule has 0 aromatic carbocycles. The van der Waals surface area contributed by atoms with Gasteiger partial charge in [-0.05, 0) is 37.6 Å². The van der Waals surface area contributed by atoms with Crippen molar-refractivity contribution in [2.75, 3.05) is 19.6 Å². The largest absolute Gasteiger partial charge is 0.338 e. The molecule has 0 spiro atoms. The number of rotatable bonds is 6. The van der Waals surface area contributed by atoms with Gasteiger partial charge in [-0.1, -0.05) is 27.7 Å². The van der Waals surface area contributed by atoms with E-state index < -0.39 is 0 Å². The normalized spacial score (nSPS) is 19.1. The maximum absolute atomic E-state index is 12.3. The van der Waals surface area contributed by atoms with E-state index in [2.05, 4.69) is 37.9 Å². The van der Waals surface area contributed by atoms with Crippen LogP contribution in [-0.2, 0) is 4.79 Å². The summed E-state index contributed by atoms with van der Waals surface area (Å²) >= 11 is 0. The van der Waals surface area contributed by atoms with Crippen LogP contribution in [0.25, 0.3) is 0 Å². The highest BCUT2D eigenvalue weighted by atomic mass is 35.5. The summed E-state index contributed by atoms with van der Waals surface area (Å²) in [6.45, 7) is 11.8. The van der Waals surface area contributed by atoms with Crippen LogP contribution >= 0.6 is 12.4 Å². The lowest BCUT2D eigenvalue weighted by Crippen LogP contribution is -2.42. The molecule has 1 unspecified atom stereocenters. The van der Waals surface area contributed by atoms with Crippen LogP contribution in [0.2, 0.25) is 0 Å². The van der Waals surface area contributed by atoms with Crippen LogP contribution < -0.4 is 5.32 Å². The monoisotopic (exact) mass is 290 g/mol. The summed E-state index contributed by atoms with van der Waals surface area (Å²) in [6.07, 6.45) is 5.03. The summed E-state index contributed by atoms with van der Waals surface area (Å²) in [5.41, 5.74) is 0.338. The Morgan fingerprint density at radius 3 is 2.53 bits per heavy atom. The van der Waals surface area contributed by atoms with Gasteiger partial charge in [0.15, 0.2) is 0 Å². The molecule has 1 saturated heterocycles. The van der Waals surface area contributed by atoms with E-state index in [9.17, 15) is 4.79 Å². The first-order chi connectivity index (χ1) is 8.44. The maximum atomic E-state index is 12.3. The second kappa shape index (κ2) is 8.80. The van der Waals surface area contributed by atoms with Crippen LogP contribution in [0, 0.1) is 5.41 Å². The summed E-state index contributed by atoms with van der Waals surface area (Å²) in [7, 11) is 0. The maximum Gasteiger partial charge on any atom is 0.222 e. The summed E-state index contributed by atoms with van der Waals surface area (Å²) in [5, 5.41) is 3.35. The standard InChI is InChI=1S/C15H30N2O.ClH/c1-5-11-17(13-8-10-16-12-13)14(18)7-6-9-15(2,3)4;/h13,16H,5-12H2,1-4H3;1H. The zero-order valence-corrected chi connectivity index (χ0v) is 13.8. The highest BCUT2D eigenvalue weighted by molar-refractivity contribution is 5.85. The molecule has 1 amide bonds. The Morgan fingerprint density at radius 2 is 2.05 bits per heavy atom. The molecule has 0 aromatic heterocycles. The quantitative estimate of drug-likeness (QED) is 0.814. The number of nitrogens with zero attached hydrogens (tertiary/aromatic N) is 1. The van der Waals surface area contributed by atoms with E-state index in [-0.39, 0.29) is 12.4 Å². The number of hydrogen-bond donors (Lipinski definition) is 1. The molecule has 1 aliphatic heterocycles. The number of carbonyl (C=O) groups excluding carboxylic acids is 1. The molecule has 0 saturated carbocycles. The van der Waals surface area contributed by atoms with E-state index in [1.54, 1.807) is 0 Å². The molecule has 1 heterocycles. The second-order valence-electron chi connectivity index (χ2n) is 6.65. The van der Waals surface area contributed by atoms with Gasteiger partial charge in [-0.3, -0.25) is 4.79 Å². The van der Waals surface area contributed by atoms with Gasteiger partial charge in [-0.15, -0.1) is 12.4 Å². The van der Waals surface area contributed by atoms with Crippen molar-refractivity contribution < 1.29 is 4.79 Å². The Hall–Kier alpha value is -0.280. The van der Waals surface area contributed by atoms with Crippen molar-refractivity contribution >= 4 is 18.3 Å². The first-order valence-corrected chi connectivity index (χ1v) is 7.44. The highest BCUT2D eigenvalue weighted by Gasteiger charge is 2.25. The number of nitrogens with one attached hydrogen (secondary N) is 1. The van der Waals surface area contributed by atoms with Gasteiger partial charge in [-0.25, -0.2) is 0 Å². The Labute approximate surface area is 124 Å². The van der Waals surface area contributed by atoms with E-state index in [1.165, 1.54) is 0 Å². The van der Waals surface area contributed by atoms with Crippen LogP contribution in [0.5, 0.6) is 0 Å². The van der Waals surface area contributed by atoms with Crippen molar-refractivity contribution in [3.8, 4) is 0 Å². The summed E-state index contributed by atoms with van der Waals surface area (Å²) in [6, 6.07) is 0.437. The van der Waals surface area contributed by atoms with Gasteiger partial charge < -0.3 is 10.2 Å². The molecule has 1 rings (SSSR count). The minimum Gasteiger partial charge on any atom is -0.338 e. The third-order valence-corrected chi connectivity index (χ3v) is 3.58. The van der Waals surface area contributed by atoms with Crippen LogP contribution in [0.1, 0.15) is 59.8 Å². The Morgan fingerprint density at radius 1 is 1.37 bits per heavy atom. The zero-order valence-electron chi connectivity index (χ0n) is 13.0. The lowest BCUT2D eigenvalue weighted by atomic mass is 9.90. The van der Waals surface area contributed by atoms with Gasteiger partial charge in [0.25, 0.3) is 0 Å². The van der Waals surface area contributed by atoms with Crippen molar-refractivity contribution in [2.24, 2.45) is 5.41 Å². The molecule has 0 aromatic rings. The molecule has 0 bridgehead atoms. The summed E-state index contributed by atoms with van der Waals surface area (Å²) in [4.78, 5) is 14.4. The van der Waals surface area contributed by atoms with E-state index in [4.69, 9.17) is 0 Å². The highest BCUT2D eigenvalue weighted by Crippen LogP contribution is 2.22. The molecule has 1 fully saturated rings. The van der Waals surface area contributed by atoms with E-state index in [0.29, 0.717) is 23.8 Å². The number of halogens is 1. The van der Waals surface area contributed by atoms with Crippen molar-refractivity contribution in [1.82, 2.24) is 10.2 Å². The van der Waals surface area contributed by atoms with Crippen LogP contribution in [0.3, 0.4) is 0 Å². The lowest BCUT2D eigenvalue weighted by molar-refractivity contribution is -0.133. The van der Waals surface area contributed by atoms with Crippen molar-refractivity contribution in [2.45, 2.75) is 65.8 Å². The molecular weight excluding hydrogens is 260 g/mol. The third kappa shape index (κ3) is 7.17. The van der Waals surface area contributed by atoms with Crippen LogP contribution in [0.4, 0.5) is 0 Å². The van der Waals surface area contributed by atoms with E-state index in [1.807, 2.05) is 0 Å². The molecule has 3 nitrogen and oxygen atoms in total. The van der Waals surface area contributed by atoms with Crippen molar-refractivity contribution in [3.63, 3.8) is 0 Å². The molecule has 4 heteroatoms. The second-order valence-corrected chi connectivity index (χ2v) is 6.65. The number of carbonyl (C=O) groups is 1. The SMILES string of the molecule is CCCN(C(=O)CCCC(C)(C)C)C1CCNC1.Cl. The lowest BCUT2D eigenvalue weighted by Gasteiger charge is -2.29. The fourth-order valence-electron chi connectivity index (χ4n) is 2.57.